The Labute approximate surface area is 178 Å². The van der Waals surface area contributed by atoms with Crippen LogP contribution in [0.1, 0.15) is 33.4 Å². The van der Waals surface area contributed by atoms with E-state index in [0.29, 0.717) is 23.0 Å². The molecule has 2 aromatic heterocycles. The number of carbonyl (C=O) groups excluding carboxylic acids is 1. The van der Waals surface area contributed by atoms with E-state index in [0.717, 1.165) is 28.1 Å². The highest BCUT2D eigenvalue weighted by atomic mass is 35.5. The number of rotatable bonds is 5. The van der Waals surface area contributed by atoms with Gasteiger partial charge in [0.15, 0.2) is 0 Å². The highest BCUT2D eigenvalue weighted by Crippen LogP contribution is 2.44. The van der Waals surface area contributed by atoms with Crippen LogP contribution in [-0.4, -0.2) is 28.1 Å². The van der Waals surface area contributed by atoms with Gasteiger partial charge >= 0.3 is 0 Å². The molecule has 6 nitrogen and oxygen atoms in total. The molecule has 1 aliphatic heterocycles. The molecule has 0 saturated heterocycles. The van der Waals surface area contributed by atoms with Gasteiger partial charge in [-0.05, 0) is 54.1 Å². The molecule has 4 aromatic rings. The second-order valence-corrected chi connectivity index (χ2v) is 7.50. The molecule has 1 unspecified atom stereocenters. The molecule has 0 saturated carbocycles. The molecular weight excluding hydrogens is 402 g/mol. The zero-order chi connectivity index (χ0) is 20.7. The lowest BCUT2D eigenvalue weighted by Gasteiger charge is -2.25. The van der Waals surface area contributed by atoms with Gasteiger partial charge in [0, 0.05) is 16.1 Å². The first kappa shape index (κ1) is 18.5. The average molecular weight is 420 g/mol. The predicted octanol–water partition coefficient (Wildman–Crippen LogP) is 5.08. The Morgan fingerprint density at radius 1 is 1.17 bits per heavy atom. The van der Waals surface area contributed by atoms with Crippen LogP contribution < -0.4 is 4.74 Å². The number of hydrogen-bond donors (Lipinski definition) is 1. The van der Waals surface area contributed by atoms with E-state index in [2.05, 4.69) is 10.2 Å². The molecule has 1 atom stereocenters. The van der Waals surface area contributed by atoms with Crippen molar-refractivity contribution in [1.82, 2.24) is 15.1 Å². The second-order valence-electron chi connectivity index (χ2n) is 7.06. The van der Waals surface area contributed by atoms with Crippen molar-refractivity contribution >= 4 is 17.5 Å². The van der Waals surface area contributed by atoms with Gasteiger partial charge < -0.3 is 14.1 Å². The van der Waals surface area contributed by atoms with E-state index in [-0.39, 0.29) is 11.9 Å². The minimum Gasteiger partial charge on any atom is -0.497 e. The molecule has 0 fully saturated rings. The first-order valence-corrected chi connectivity index (χ1v) is 9.85. The van der Waals surface area contributed by atoms with Crippen LogP contribution in [0.5, 0.6) is 5.75 Å². The summed E-state index contributed by atoms with van der Waals surface area (Å²) in [6, 6.07) is 18.5. The van der Waals surface area contributed by atoms with Crippen molar-refractivity contribution in [3.63, 3.8) is 0 Å². The van der Waals surface area contributed by atoms with Crippen molar-refractivity contribution in [2.45, 2.75) is 12.6 Å². The summed E-state index contributed by atoms with van der Waals surface area (Å²) in [6.07, 6.45) is 1.61. The van der Waals surface area contributed by atoms with Crippen molar-refractivity contribution < 1.29 is 13.9 Å². The summed E-state index contributed by atoms with van der Waals surface area (Å²) >= 11 is 6.28. The Kier molecular flexibility index (Phi) is 4.56. The zero-order valence-electron chi connectivity index (χ0n) is 16.1. The largest absolute Gasteiger partial charge is 0.497 e. The van der Waals surface area contributed by atoms with Crippen molar-refractivity contribution in [2.24, 2.45) is 0 Å². The molecule has 150 valence electrons. The van der Waals surface area contributed by atoms with Crippen molar-refractivity contribution in [2.75, 3.05) is 7.11 Å². The molecule has 0 spiro atoms. The number of nitrogens with zero attached hydrogens (tertiary/aromatic N) is 2. The van der Waals surface area contributed by atoms with Gasteiger partial charge in [-0.1, -0.05) is 23.7 Å². The fraction of sp³-hybridized carbons (Fsp3) is 0.130. The molecule has 30 heavy (non-hydrogen) atoms. The topological polar surface area (TPSA) is 71.4 Å². The fourth-order valence-corrected chi connectivity index (χ4v) is 4.12. The maximum absolute atomic E-state index is 13.3. The van der Waals surface area contributed by atoms with Crippen LogP contribution in [0.2, 0.25) is 5.02 Å². The number of ether oxygens (including phenoxy) is 1. The second kappa shape index (κ2) is 7.39. The van der Waals surface area contributed by atoms with Gasteiger partial charge in [-0.3, -0.25) is 9.89 Å². The third-order valence-electron chi connectivity index (χ3n) is 5.30. The number of H-pyrrole nitrogens is 1. The summed E-state index contributed by atoms with van der Waals surface area (Å²) in [7, 11) is 1.63. The number of aromatic amines is 1. The van der Waals surface area contributed by atoms with E-state index in [1.807, 2.05) is 60.7 Å². The van der Waals surface area contributed by atoms with Crippen molar-refractivity contribution in [3.05, 3.63) is 94.5 Å². The molecule has 5 rings (SSSR count). The molecule has 7 heteroatoms. The summed E-state index contributed by atoms with van der Waals surface area (Å²) in [5.74, 6) is 1.34. The minimum absolute atomic E-state index is 0.126. The van der Waals surface area contributed by atoms with E-state index in [9.17, 15) is 4.79 Å². The lowest BCUT2D eigenvalue weighted by molar-refractivity contribution is 0.0717. The van der Waals surface area contributed by atoms with Gasteiger partial charge in [0.05, 0.1) is 31.7 Å². The van der Waals surface area contributed by atoms with Gasteiger partial charge in [-0.2, -0.15) is 5.10 Å². The summed E-state index contributed by atoms with van der Waals surface area (Å²) in [6.45, 7) is 0.341. The van der Waals surface area contributed by atoms with Crippen LogP contribution in [0.4, 0.5) is 0 Å². The van der Waals surface area contributed by atoms with E-state index < -0.39 is 0 Å². The van der Waals surface area contributed by atoms with Gasteiger partial charge in [0.25, 0.3) is 5.91 Å². The molecule has 1 amide bonds. The van der Waals surface area contributed by atoms with Gasteiger partial charge in [-0.15, -0.1) is 0 Å². The zero-order valence-corrected chi connectivity index (χ0v) is 16.9. The highest BCUT2D eigenvalue weighted by Gasteiger charge is 2.42. The lowest BCUT2D eigenvalue weighted by atomic mass is 9.96. The first-order valence-electron chi connectivity index (χ1n) is 9.47. The fourth-order valence-electron chi connectivity index (χ4n) is 3.92. The number of benzene rings is 2. The number of aromatic nitrogens is 2. The third-order valence-corrected chi connectivity index (χ3v) is 5.53. The monoisotopic (exact) mass is 419 g/mol. The van der Waals surface area contributed by atoms with Crippen LogP contribution in [0.15, 0.2) is 71.3 Å². The number of fused-ring (bicyclic) bond motifs is 1. The molecular formula is C23H18ClN3O3. The summed E-state index contributed by atoms with van der Waals surface area (Å²) in [4.78, 5) is 15.1. The average Bonchev–Trinajstić information content (AvgIpc) is 3.48. The number of halogens is 1. The Morgan fingerprint density at radius 3 is 2.70 bits per heavy atom. The number of carbonyl (C=O) groups is 1. The maximum atomic E-state index is 13.3. The van der Waals surface area contributed by atoms with E-state index in [1.54, 1.807) is 18.3 Å². The summed E-state index contributed by atoms with van der Waals surface area (Å²) < 4.78 is 10.8. The van der Waals surface area contributed by atoms with Crippen LogP contribution in [0, 0.1) is 0 Å². The standard InChI is InChI=1S/C23H18ClN3O3/c1-29-17-9-7-14(8-10-17)20-19-21(26-25-20)23(28)27(13-18-6-3-11-30-18)22(19)15-4-2-5-16(24)12-15/h2-12,22H,13H2,1H3,(H,25,26). The molecule has 0 bridgehead atoms. The smallest absolute Gasteiger partial charge is 0.273 e. The number of methoxy groups -OCH3 is 1. The molecule has 0 aliphatic carbocycles. The van der Waals surface area contributed by atoms with Crippen molar-refractivity contribution in [1.29, 1.82) is 0 Å². The minimum atomic E-state index is -0.341. The van der Waals surface area contributed by atoms with E-state index in [1.165, 1.54) is 0 Å². The van der Waals surface area contributed by atoms with Crippen LogP contribution in [-0.2, 0) is 6.54 Å². The van der Waals surface area contributed by atoms with Gasteiger partial charge in [0.2, 0.25) is 0 Å². The number of amides is 1. The van der Waals surface area contributed by atoms with E-state index in [4.69, 9.17) is 20.8 Å². The summed E-state index contributed by atoms with van der Waals surface area (Å²) in [5, 5.41) is 8.04. The Bertz CT molecular complexity index is 1200. The highest BCUT2D eigenvalue weighted by molar-refractivity contribution is 6.30. The third kappa shape index (κ3) is 3.06. The van der Waals surface area contributed by atoms with Gasteiger partial charge in [-0.25, -0.2) is 0 Å². The molecule has 2 aromatic carbocycles. The lowest BCUT2D eigenvalue weighted by Crippen LogP contribution is -2.29. The predicted molar refractivity (Wildman–Crippen MR) is 112 cm³/mol. The Morgan fingerprint density at radius 2 is 2.00 bits per heavy atom. The number of hydrogen-bond acceptors (Lipinski definition) is 4. The van der Waals surface area contributed by atoms with E-state index >= 15 is 0 Å². The van der Waals surface area contributed by atoms with Crippen molar-refractivity contribution in [3.8, 4) is 17.0 Å². The number of nitrogens with one attached hydrogen (secondary N) is 1. The number of furan rings is 1. The SMILES string of the molecule is COc1ccc(-c2n[nH]c3c2C(c2cccc(Cl)c2)N(Cc2ccco2)C3=O)cc1. The van der Waals surface area contributed by atoms with Crippen LogP contribution in [0.3, 0.4) is 0 Å². The van der Waals surface area contributed by atoms with Gasteiger partial charge in [0.1, 0.15) is 17.2 Å². The molecule has 3 heterocycles. The maximum Gasteiger partial charge on any atom is 0.273 e. The quantitative estimate of drug-likeness (QED) is 0.489. The molecule has 0 radical (unpaired) electrons. The first-order chi connectivity index (χ1) is 14.7. The van der Waals surface area contributed by atoms with Crippen LogP contribution in [0.25, 0.3) is 11.3 Å². The normalized spacial score (nSPS) is 15.5. The Hall–Kier alpha value is -3.51. The molecule has 1 N–H and O–H groups in total. The summed E-state index contributed by atoms with van der Waals surface area (Å²) in [5.41, 5.74) is 3.86. The Balaban J connectivity index is 1.64. The molecule has 1 aliphatic rings. The van der Waals surface area contributed by atoms with Crippen LogP contribution >= 0.6 is 11.6 Å².